The number of anilines is 1. The zero-order chi connectivity index (χ0) is 22.6. The Bertz CT molecular complexity index is 1170. The average molecular weight is 486 g/mol. The van der Waals surface area contributed by atoms with Crippen molar-refractivity contribution in [1.82, 2.24) is 9.29 Å². The van der Waals surface area contributed by atoms with E-state index in [0.717, 1.165) is 18.9 Å². The Hall–Kier alpha value is -1.96. The first-order chi connectivity index (χ1) is 14.7. The van der Waals surface area contributed by atoms with Crippen LogP contribution in [0, 0.1) is 6.92 Å². The fraction of sp³-hybridized carbons (Fsp3) is 0.368. The number of aromatic nitrogens is 1. The maximum atomic E-state index is 12.7. The highest BCUT2D eigenvalue weighted by molar-refractivity contribution is 8.01. The van der Waals surface area contributed by atoms with E-state index in [1.54, 1.807) is 20.1 Å². The molecule has 0 saturated heterocycles. The van der Waals surface area contributed by atoms with Crippen LogP contribution >= 0.6 is 23.1 Å². The molecule has 31 heavy (non-hydrogen) atoms. The number of carbonyl (C=O) groups is 1. The molecule has 1 aromatic carbocycles. The second kappa shape index (κ2) is 10.1. The van der Waals surface area contributed by atoms with Gasteiger partial charge >= 0.3 is 0 Å². The maximum absolute atomic E-state index is 12.7. The minimum atomic E-state index is -3.76. The predicted octanol–water partition coefficient (Wildman–Crippen LogP) is 3.41. The molecule has 2 heterocycles. The molecule has 2 aromatic heterocycles. The van der Waals surface area contributed by atoms with Gasteiger partial charge in [0.2, 0.25) is 5.09 Å². The van der Waals surface area contributed by atoms with E-state index >= 15 is 0 Å². The molecule has 1 amide bonds. The van der Waals surface area contributed by atoms with E-state index in [0.29, 0.717) is 24.8 Å². The third-order valence-corrected chi connectivity index (χ3v) is 7.91. The van der Waals surface area contributed by atoms with Crippen LogP contribution in [0.1, 0.15) is 16.1 Å². The Kier molecular flexibility index (Phi) is 7.73. The minimum absolute atomic E-state index is 0.161. The molecule has 9 nitrogen and oxygen atoms in total. The summed E-state index contributed by atoms with van der Waals surface area (Å²) in [5.41, 5.74) is 1.56. The van der Waals surface area contributed by atoms with E-state index in [4.69, 9.17) is 13.9 Å². The van der Waals surface area contributed by atoms with Crippen LogP contribution in [0.4, 0.5) is 5.69 Å². The molecular formula is C19H23N3O6S3. The number of thioether (sulfide) groups is 1. The summed E-state index contributed by atoms with van der Waals surface area (Å²) < 4.78 is 43.0. The number of hydrogen-bond donors (Lipinski definition) is 1. The lowest BCUT2D eigenvalue weighted by molar-refractivity contribution is 0.0953. The highest BCUT2D eigenvalue weighted by Gasteiger charge is 2.25. The van der Waals surface area contributed by atoms with Crippen LogP contribution in [-0.4, -0.2) is 64.0 Å². The van der Waals surface area contributed by atoms with Crippen molar-refractivity contribution in [2.45, 2.75) is 16.4 Å². The molecule has 0 atom stereocenters. The number of carbonyl (C=O) groups excluding carboxylic acids is 1. The summed E-state index contributed by atoms with van der Waals surface area (Å²) >= 11 is 2.99. The standard InChI is InChI=1S/C19H23N3O6S3/c1-12-14(10-17(28-12)31(24,25)22(2)3)18(23)20-13-5-6-15-16(9-13)30-19(21-15)29-11-27-8-7-26-4/h5-6,9-10H,7-8,11H2,1-4H3,(H,20,23). The normalized spacial score (nSPS) is 12.0. The van der Waals surface area contributed by atoms with Crippen molar-refractivity contribution >= 4 is 54.9 Å². The first-order valence-electron chi connectivity index (χ1n) is 9.16. The maximum Gasteiger partial charge on any atom is 0.275 e. The van der Waals surface area contributed by atoms with Crippen LogP contribution in [0.2, 0.25) is 0 Å². The zero-order valence-corrected chi connectivity index (χ0v) is 19.9. The van der Waals surface area contributed by atoms with Gasteiger partial charge in [-0.05, 0) is 25.1 Å². The second-order valence-corrected chi connectivity index (χ2v) is 10.9. The van der Waals surface area contributed by atoms with Crippen LogP contribution in [0.15, 0.2) is 38.1 Å². The van der Waals surface area contributed by atoms with Crippen molar-refractivity contribution in [3.05, 3.63) is 35.6 Å². The van der Waals surface area contributed by atoms with Crippen molar-refractivity contribution < 1.29 is 27.1 Å². The number of nitrogens with zero attached hydrogens (tertiary/aromatic N) is 2. The molecule has 3 rings (SSSR count). The van der Waals surface area contributed by atoms with Gasteiger partial charge in [0.25, 0.3) is 15.9 Å². The van der Waals surface area contributed by atoms with E-state index in [9.17, 15) is 13.2 Å². The summed E-state index contributed by atoms with van der Waals surface area (Å²) in [7, 11) is 0.657. The fourth-order valence-corrected chi connectivity index (χ4v) is 5.23. The largest absolute Gasteiger partial charge is 0.448 e. The topological polar surface area (TPSA) is 111 Å². The third kappa shape index (κ3) is 5.64. The van der Waals surface area contributed by atoms with Gasteiger partial charge in [0.15, 0.2) is 4.34 Å². The summed E-state index contributed by atoms with van der Waals surface area (Å²) in [6.07, 6.45) is 0. The van der Waals surface area contributed by atoms with Crippen LogP contribution in [0.5, 0.6) is 0 Å². The van der Waals surface area contributed by atoms with Crippen LogP contribution in [0.25, 0.3) is 10.2 Å². The summed E-state index contributed by atoms with van der Waals surface area (Å²) in [4.78, 5) is 17.2. The molecule has 0 saturated carbocycles. The number of ether oxygens (including phenoxy) is 2. The Morgan fingerprint density at radius 3 is 2.77 bits per heavy atom. The number of thiazole rings is 1. The number of sulfonamides is 1. The Morgan fingerprint density at radius 1 is 1.29 bits per heavy atom. The quantitative estimate of drug-likeness (QED) is 0.264. The van der Waals surface area contributed by atoms with E-state index < -0.39 is 15.9 Å². The lowest BCUT2D eigenvalue weighted by Gasteiger charge is -2.07. The number of hydrogen-bond acceptors (Lipinski definition) is 9. The molecule has 0 bridgehead atoms. The Balaban J connectivity index is 1.70. The molecular weight excluding hydrogens is 462 g/mol. The van der Waals surface area contributed by atoms with Crippen molar-refractivity contribution in [1.29, 1.82) is 0 Å². The van der Waals surface area contributed by atoms with Gasteiger partial charge in [0.1, 0.15) is 5.76 Å². The molecule has 0 radical (unpaired) electrons. The molecule has 1 N–H and O–H groups in total. The minimum Gasteiger partial charge on any atom is -0.448 e. The summed E-state index contributed by atoms with van der Waals surface area (Å²) in [5, 5.41) is 2.52. The van der Waals surface area contributed by atoms with Crippen LogP contribution in [0.3, 0.4) is 0 Å². The molecule has 3 aromatic rings. The van der Waals surface area contributed by atoms with E-state index in [1.165, 1.54) is 43.3 Å². The predicted molar refractivity (Wildman–Crippen MR) is 120 cm³/mol. The van der Waals surface area contributed by atoms with Crippen molar-refractivity contribution in [3.63, 3.8) is 0 Å². The van der Waals surface area contributed by atoms with Gasteiger partial charge in [0.05, 0.1) is 34.9 Å². The highest BCUT2D eigenvalue weighted by atomic mass is 32.2. The molecule has 0 aliphatic heterocycles. The van der Waals surface area contributed by atoms with Crippen molar-refractivity contribution in [3.8, 4) is 0 Å². The van der Waals surface area contributed by atoms with Gasteiger partial charge in [-0.2, -0.15) is 0 Å². The van der Waals surface area contributed by atoms with Gasteiger partial charge in [-0.3, -0.25) is 4.79 Å². The van der Waals surface area contributed by atoms with E-state index in [-0.39, 0.29) is 16.4 Å². The first-order valence-corrected chi connectivity index (χ1v) is 12.4. The first kappa shape index (κ1) is 23.7. The Labute approximate surface area is 188 Å². The smallest absolute Gasteiger partial charge is 0.275 e. The average Bonchev–Trinajstić information content (AvgIpc) is 3.30. The third-order valence-electron chi connectivity index (χ3n) is 4.20. The van der Waals surface area contributed by atoms with Gasteiger partial charge in [-0.15, -0.1) is 11.3 Å². The van der Waals surface area contributed by atoms with Crippen LogP contribution in [-0.2, 0) is 19.5 Å². The fourth-order valence-electron chi connectivity index (χ4n) is 2.52. The van der Waals surface area contributed by atoms with Gasteiger partial charge in [-0.1, -0.05) is 11.8 Å². The van der Waals surface area contributed by atoms with Crippen molar-refractivity contribution in [2.24, 2.45) is 0 Å². The molecule has 0 aliphatic carbocycles. The number of furan rings is 1. The summed E-state index contributed by atoms with van der Waals surface area (Å²) in [5.74, 6) is 0.250. The molecule has 12 heteroatoms. The number of nitrogens with one attached hydrogen (secondary N) is 1. The number of aryl methyl sites for hydroxylation is 1. The zero-order valence-electron chi connectivity index (χ0n) is 17.5. The molecule has 0 fully saturated rings. The molecule has 0 spiro atoms. The number of fused-ring (bicyclic) bond motifs is 1. The summed E-state index contributed by atoms with van der Waals surface area (Å²) in [6, 6.07) is 6.63. The number of methoxy groups -OCH3 is 1. The van der Waals surface area contributed by atoms with E-state index in [2.05, 4.69) is 10.3 Å². The summed E-state index contributed by atoms with van der Waals surface area (Å²) in [6.45, 7) is 2.62. The lowest BCUT2D eigenvalue weighted by Crippen LogP contribution is -2.21. The second-order valence-electron chi connectivity index (χ2n) is 6.60. The van der Waals surface area contributed by atoms with Gasteiger partial charge < -0.3 is 19.2 Å². The van der Waals surface area contributed by atoms with E-state index in [1.807, 2.05) is 12.1 Å². The van der Waals surface area contributed by atoms with Crippen molar-refractivity contribution in [2.75, 3.05) is 45.7 Å². The molecule has 168 valence electrons. The van der Waals surface area contributed by atoms with Crippen LogP contribution < -0.4 is 5.32 Å². The molecule has 0 aliphatic rings. The Morgan fingerprint density at radius 2 is 2.06 bits per heavy atom. The number of rotatable bonds is 10. The SMILES string of the molecule is COCCOCSc1nc2ccc(NC(=O)c3cc(S(=O)(=O)N(C)C)oc3C)cc2s1. The monoisotopic (exact) mass is 485 g/mol. The lowest BCUT2D eigenvalue weighted by atomic mass is 10.2. The van der Waals surface area contributed by atoms with Gasteiger partial charge in [0, 0.05) is 33.0 Å². The highest BCUT2D eigenvalue weighted by Crippen LogP contribution is 2.31. The number of amides is 1. The molecule has 0 unspecified atom stereocenters. The number of benzene rings is 1. The van der Waals surface area contributed by atoms with Gasteiger partial charge in [-0.25, -0.2) is 17.7 Å².